The van der Waals surface area contributed by atoms with Crippen LogP contribution in [0.4, 0.5) is 4.79 Å². The number of halogens is 2. The predicted octanol–water partition coefficient (Wildman–Crippen LogP) is 4.23. The largest absolute Gasteiger partial charge is 0.497 e. The van der Waals surface area contributed by atoms with Crippen LogP contribution in [-0.4, -0.2) is 19.1 Å². The number of benzene rings is 2. The second kappa shape index (κ2) is 8.54. The van der Waals surface area contributed by atoms with E-state index in [4.69, 9.17) is 32.7 Å². The van der Waals surface area contributed by atoms with E-state index in [0.29, 0.717) is 21.4 Å². The van der Waals surface area contributed by atoms with Crippen LogP contribution < -0.4 is 15.4 Å². The van der Waals surface area contributed by atoms with Crippen molar-refractivity contribution in [3.05, 3.63) is 75.9 Å². The average Bonchev–Trinajstić information content (AvgIpc) is 2.68. The first kappa shape index (κ1) is 20.0. The number of methoxy groups -OCH3 is 1. The number of hydrogen-bond acceptors (Lipinski definition) is 4. The van der Waals surface area contributed by atoms with Crippen molar-refractivity contribution in [1.82, 2.24) is 10.6 Å². The van der Waals surface area contributed by atoms with Gasteiger partial charge in [-0.3, -0.25) is 4.79 Å². The Balaban J connectivity index is 1.78. The van der Waals surface area contributed by atoms with E-state index in [2.05, 4.69) is 17.2 Å². The summed E-state index contributed by atoms with van der Waals surface area (Å²) in [6.07, 6.45) is 0. The van der Waals surface area contributed by atoms with E-state index in [-0.39, 0.29) is 12.3 Å². The van der Waals surface area contributed by atoms with Crippen molar-refractivity contribution in [2.75, 3.05) is 7.11 Å². The Hall–Kier alpha value is -2.70. The first-order chi connectivity index (χ1) is 13.4. The van der Waals surface area contributed by atoms with Gasteiger partial charge in [0.1, 0.15) is 18.3 Å². The highest BCUT2D eigenvalue weighted by Crippen LogP contribution is 2.33. The van der Waals surface area contributed by atoms with Crippen molar-refractivity contribution in [1.29, 1.82) is 0 Å². The summed E-state index contributed by atoms with van der Waals surface area (Å²) in [7, 11) is 1.58. The SMILES string of the molecule is C=C1NC(=O)NC(c2ccc(Cl)c(Cl)c2)C1C(=O)OCc1ccc(OC)cc1. The smallest absolute Gasteiger partial charge is 0.319 e. The van der Waals surface area contributed by atoms with Crippen molar-refractivity contribution >= 4 is 35.2 Å². The standard InChI is InChI=1S/C20H18Cl2N2O4/c1-11-17(19(25)28-10-12-3-6-14(27-2)7-4-12)18(24-20(26)23-11)13-5-8-15(21)16(22)9-13/h3-9,17-18H,1,10H2,2H3,(H2,23,24,26). The van der Waals surface area contributed by atoms with Gasteiger partial charge in [-0.05, 0) is 35.4 Å². The summed E-state index contributed by atoms with van der Waals surface area (Å²) in [6, 6.07) is 10.9. The lowest BCUT2D eigenvalue weighted by Gasteiger charge is -2.33. The molecule has 2 aromatic rings. The Bertz CT molecular complexity index is 915. The highest BCUT2D eigenvalue weighted by molar-refractivity contribution is 6.42. The molecule has 0 aromatic heterocycles. The molecule has 0 bridgehead atoms. The molecule has 1 fully saturated rings. The number of amides is 2. The topological polar surface area (TPSA) is 76.7 Å². The maximum Gasteiger partial charge on any atom is 0.319 e. The third-order valence-corrected chi connectivity index (χ3v) is 5.11. The molecule has 2 atom stereocenters. The second-order valence-electron chi connectivity index (χ2n) is 6.21. The van der Waals surface area contributed by atoms with Crippen LogP contribution in [-0.2, 0) is 16.1 Å². The molecule has 2 unspecified atom stereocenters. The fourth-order valence-corrected chi connectivity index (χ4v) is 3.22. The van der Waals surface area contributed by atoms with Gasteiger partial charge in [-0.2, -0.15) is 0 Å². The van der Waals surface area contributed by atoms with Gasteiger partial charge in [-0.1, -0.05) is 48.0 Å². The Morgan fingerprint density at radius 2 is 1.86 bits per heavy atom. The van der Waals surface area contributed by atoms with Crippen LogP contribution in [0.15, 0.2) is 54.7 Å². The van der Waals surface area contributed by atoms with Gasteiger partial charge in [-0.25, -0.2) is 4.79 Å². The molecular formula is C20H18Cl2N2O4. The molecule has 3 rings (SSSR count). The fraction of sp³-hybridized carbons (Fsp3) is 0.200. The summed E-state index contributed by atoms with van der Waals surface area (Å²) in [4.78, 5) is 24.7. The minimum atomic E-state index is -0.826. The van der Waals surface area contributed by atoms with Crippen molar-refractivity contribution in [2.45, 2.75) is 12.6 Å². The summed E-state index contributed by atoms with van der Waals surface area (Å²) in [5, 5.41) is 5.95. The Morgan fingerprint density at radius 3 is 2.50 bits per heavy atom. The third-order valence-electron chi connectivity index (χ3n) is 4.37. The summed E-state index contributed by atoms with van der Waals surface area (Å²) in [6.45, 7) is 3.89. The summed E-state index contributed by atoms with van der Waals surface area (Å²) >= 11 is 12.1. The van der Waals surface area contributed by atoms with Gasteiger partial charge in [0.05, 0.1) is 23.2 Å². The number of esters is 1. The van der Waals surface area contributed by atoms with Crippen molar-refractivity contribution in [3.8, 4) is 5.75 Å². The van der Waals surface area contributed by atoms with Crippen LogP contribution in [0.1, 0.15) is 17.2 Å². The zero-order valence-corrected chi connectivity index (χ0v) is 16.5. The molecule has 0 spiro atoms. The van der Waals surface area contributed by atoms with E-state index in [1.165, 1.54) is 0 Å². The summed E-state index contributed by atoms with van der Waals surface area (Å²) < 4.78 is 10.6. The zero-order valence-electron chi connectivity index (χ0n) is 15.0. The van der Waals surface area contributed by atoms with Gasteiger partial charge < -0.3 is 20.1 Å². The number of carbonyl (C=O) groups excluding carboxylic acids is 2. The molecule has 1 saturated heterocycles. The number of hydrogen-bond donors (Lipinski definition) is 2. The molecule has 2 N–H and O–H groups in total. The zero-order chi connectivity index (χ0) is 20.3. The van der Waals surface area contributed by atoms with E-state index in [0.717, 1.165) is 5.56 Å². The Kier molecular flexibility index (Phi) is 6.11. The molecule has 0 radical (unpaired) electrons. The molecule has 2 amide bonds. The fourth-order valence-electron chi connectivity index (χ4n) is 2.91. The van der Waals surface area contributed by atoms with Crippen molar-refractivity contribution in [3.63, 3.8) is 0 Å². The minimum absolute atomic E-state index is 0.0780. The van der Waals surface area contributed by atoms with E-state index >= 15 is 0 Å². The van der Waals surface area contributed by atoms with Gasteiger partial charge in [0.25, 0.3) is 0 Å². The van der Waals surface area contributed by atoms with E-state index in [1.54, 1.807) is 49.6 Å². The van der Waals surface area contributed by atoms with Crippen molar-refractivity contribution in [2.24, 2.45) is 5.92 Å². The summed E-state index contributed by atoms with van der Waals surface area (Å²) in [5.74, 6) is -0.639. The molecule has 1 aliphatic heterocycles. The molecule has 6 nitrogen and oxygen atoms in total. The molecule has 2 aromatic carbocycles. The monoisotopic (exact) mass is 420 g/mol. The van der Waals surface area contributed by atoms with Gasteiger partial charge in [0.15, 0.2) is 0 Å². The molecule has 1 aliphatic rings. The number of carbonyl (C=O) groups is 2. The lowest BCUT2D eigenvalue weighted by atomic mass is 9.89. The number of urea groups is 1. The molecule has 28 heavy (non-hydrogen) atoms. The Labute approximate surface area is 172 Å². The molecule has 8 heteroatoms. The first-order valence-corrected chi connectivity index (χ1v) is 9.15. The lowest BCUT2D eigenvalue weighted by molar-refractivity contribution is -0.149. The summed E-state index contributed by atoms with van der Waals surface area (Å²) in [5.41, 5.74) is 1.68. The highest BCUT2D eigenvalue weighted by Gasteiger charge is 2.39. The molecule has 1 heterocycles. The second-order valence-corrected chi connectivity index (χ2v) is 7.02. The van der Waals surface area contributed by atoms with E-state index < -0.39 is 24.0 Å². The average molecular weight is 421 g/mol. The molecule has 146 valence electrons. The number of ether oxygens (including phenoxy) is 2. The van der Waals surface area contributed by atoms with Crippen LogP contribution in [0.3, 0.4) is 0 Å². The normalized spacial score (nSPS) is 18.8. The molecular weight excluding hydrogens is 403 g/mol. The molecule has 0 aliphatic carbocycles. The van der Waals surface area contributed by atoms with Crippen LogP contribution in [0.2, 0.25) is 10.0 Å². The lowest BCUT2D eigenvalue weighted by Crippen LogP contribution is -2.51. The maximum atomic E-state index is 12.8. The predicted molar refractivity (Wildman–Crippen MR) is 106 cm³/mol. The first-order valence-electron chi connectivity index (χ1n) is 8.40. The van der Waals surface area contributed by atoms with E-state index in [9.17, 15) is 9.59 Å². The quantitative estimate of drug-likeness (QED) is 0.709. The van der Waals surface area contributed by atoms with Gasteiger partial charge in [-0.15, -0.1) is 0 Å². The molecule has 0 saturated carbocycles. The van der Waals surface area contributed by atoms with Gasteiger partial charge in [0.2, 0.25) is 0 Å². The number of nitrogens with one attached hydrogen (secondary N) is 2. The minimum Gasteiger partial charge on any atom is -0.497 e. The maximum absolute atomic E-state index is 12.8. The highest BCUT2D eigenvalue weighted by atomic mass is 35.5. The number of rotatable bonds is 5. The van der Waals surface area contributed by atoms with Crippen LogP contribution in [0.25, 0.3) is 0 Å². The Morgan fingerprint density at radius 1 is 1.14 bits per heavy atom. The van der Waals surface area contributed by atoms with Crippen LogP contribution in [0, 0.1) is 5.92 Å². The van der Waals surface area contributed by atoms with Crippen LogP contribution in [0.5, 0.6) is 5.75 Å². The van der Waals surface area contributed by atoms with Crippen molar-refractivity contribution < 1.29 is 19.1 Å². The van der Waals surface area contributed by atoms with Gasteiger partial charge in [0, 0.05) is 5.70 Å². The van der Waals surface area contributed by atoms with Crippen LogP contribution >= 0.6 is 23.2 Å². The van der Waals surface area contributed by atoms with E-state index in [1.807, 2.05) is 0 Å². The third kappa shape index (κ3) is 4.40. The van der Waals surface area contributed by atoms with Gasteiger partial charge >= 0.3 is 12.0 Å².